The van der Waals surface area contributed by atoms with Crippen LogP contribution < -0.4 is 0 Å². The first kappa shape index (κ1) is 21.8. The van der Waals surface area contributed by atoms with Crippen molar-refractivity contribution in [1.82, 2.24) is 9.80 Å². The lowest BCUT2D eigenvalue weighted by molar-refractivity contribution is -0.132. The normalized spacial score (nSPS) is 14.9. The van der Waals surface area contributed by atoms with Crippen molar-refractivity contribution in [3.05, 3.63) is 60.2 Å². The van der Waals surface area contributed by atoms with Gasteiger partial charge in [0.15, 0.2) is 0 Å². The third-order valence-electron chi connectivity index (χ3n) is 4.99. The van der Waals surface area contributed by atoms with Crippen LogP contribution in [0, 0.1) is 0 Å². The fourth-order valence-corrected chi connectivity index (χ4v) is 4.26. The molecule has 3 rings (SSSR count). The molecular formula is C23H30N2O3S. The fourth-order valence-electron chi connectivity index (χ4n) is 3.30. The van der Waals surface area contributed by atoms with E-state index in [1.807, 2.05) is 35.2 Å². The monoisotopic (exact) mass is 414 g/mol. The zero-order valence-electron chi connectivity index (χ0n) is 17.1. The fraction of sp³-hybridized carbons (Fsp3) is 0.435. The van der Waals surface area contributed by atoms with Crippen molar-refractivity contribution in [3.8, 4) is 0 Å². The Morgan fingerprint density at radius 2 is 1.66 bits per heavy atom. The molecule has 0 bridgehead atoms. The maximum absolute atomic E-state index is 12.9. The Kier molecular flexibility index (Phi) is 9.02. The molecule has 0 aliphatic carbocycles. The Morgan fingerprint density at radius 1 is 0.931 bits per heavy atom. The van der Waals surface area contributed by atoms with E-state index in [1.54, 1.807) is 18.9 Å². The van der Waals surface area contributed by atoms with Crippen LogP contribution in [-0.4, -0.2) is 75.4 Å². The van der Waals surface area contributed by atoms with E-state index >= 15 is 0 Å². The molecule has 2 aromatic rings. The topological polar surface area (TPSA) is 42.0 Å². The summed E-state index contributed by atoms with van der Waals surface area (Å²) in [7, 11) is 1.68. The number of carbonyl (C=O) groups is 1. The molecule has 5 nitrogen and oxygen atoms in total. The number of methoxy groups -OCH3 is 1. The number of ether oxygens (including phenoxy) is 2. The number of piperazine rings is 1. The van der Waals surface area contributed by atoms with Crippen molar-refractivity contribution in [1.29, 1.82) is 0 Å². The van der Waals surface area contributed by atoms with Crippen molar-refractivity contribution in [2.24, 2.45) is 0 Å². The maximum atomic E-state index is 12.9. The zero-order chi connectivity index (χ0) is 20.3. The summed E-state index contributed by atoms with van der Waals surface area (Å²) in [5, 5.41) is 0. The Morgan fingerprint density at radius 3 is 2.41 bits per heavy atom. The standard InChI is InChI=1S/C23H30N2O3S/c1-27-17-18-28-16-15-24-11-13-25(14-12-24)23(26)19-20-7-5-6-10-22(20)29-21-8-3-2-4-9-21/h2-10H,11-19H2,1H3. The minimum atomic E-state index is 0.210. The van der Waals surface area contributed by atoms with Crippen LogP contribution in [0.15, 0.2) is 64.4 Å². The van der Waals surface area contributed by atoms with E-state index in [-0.39, 0.29) is 5.91 Å². The molecule has 0 unspecified atom stereocenters. The van der Waals surface area contributed by atoms with Crippen LogP contribution >= 0.6 is 11.8 Å². The quantitative estimate of drug-likeness (QED) is 0.559. The van der Waals surface area contributed by atoms with Gasteiger partial charge in [-0.15, -0.1) is 0 Å². The van der Waals surface area contributed by atoms with E-state index in [1.165, 1.54) is 4.90 Å². The van der Waals surface area contributed by atoms with E-state index < -0.39 is 0 Å². The minimum Gasteiger partial charge on any atom is -0.382 e. The van der Waals surface area contributed by atoms with Crippen LogP contribution in [0.3, 0.4) is 0 Å². The second-order valence-corrected chi connectivity index (χ2v) is 8.14. The number of hydrogen-bond acceptors (Lipinski definition) is 5. The van der Waals surface area contributed by atoms with Gasteiger partial charge in [0, 0.05) is 49.6 Å². The molecule has 156 valence electrons. The molecule has 29 heavy (non-hydrogen) atoms. The van der Waals surface area contributed by atoms with Crippen LogP contribution in [0.4, 0.5) is 0 Å². The summed E-state index contributed by atoms with van der Waals surface area (Å²) in [5.41, 5.74) is 1.10. The first-order chi connectivity index (χ1) is 14.3. The summed E-state index contributed by atoms with van der Waals surface area (Å²) in [6.45, 7) is 6.25. The van der Waals surface area contributed by atoms with Crippen LogP contribution in [0.25, 0.3) is 0 Å². The van der Waals surface area contributed by atoms with Crippen LogP contribution in [0.2, 0.25) is 0 Å². The summed E-state index contributed by atoms with van der Waals surface area (Å²) in [6.07, 6.45) is 0.454. The van der Waals surface area contributed by atoms with Gasteiger partial charge in [0.1, 0.15) is 0 Å². The van der Waals surface area contributed by atoms with Gasteiger partial charge in [0.25, 0.3) is 0 Å². The van der Waals surface area contributed by atoms with Crippen LogP contribution in [-0.2, 0) is 20.7 Å². The van der Waals surface area contributed by atoms with Crippen molar-refractivity contribution in [2.75, 3.05) is 59.7 Å². The van der Waals surface area contributed by atoms with Crippen LogP contribution in [0.1, 0.15) is 5.56 Å². The summed E-state index contributed by atoms with van der Waals surface area (Å²) in [6, 6.07) is 18.5. The average Bonchev–Trinajstić information content (AvgIpc) is 2.76. The Balaban J connectivity index is 1.47. The maximum Gasteiger partial charge on any atom is 0.227 e. The highest BCUT2D eigenvalue weighted by molar-refractivity contribution is 7.99. The predicted molar refractivity (Wildman–Crippen MR) is 116 cm³/mol. The number of benzene rings is 2. The van der Waals surface area contributed by atoms with Gasteiger partial charge >= 0.3 is 0 Å². The molecule has 0 aromatic heterocycles. The van der Waals surface area contributed by atoms with Crippen molar-refractivity contribution in [3.63, 3.8) is 0 Å². The highest BCUT2D eigenvalue weighted by Gasteiger charge is 2.21. The van der Waals surface area contributed by atoms with Crippen LogP contribution in [0.5, 0.6) is 0 Å². The van der Waals surface area contributed by atoms with Gasteiger partial charge in [-0.1, -0.05) is 48.2 Å². The lowest BCUT2D eigenvalue weighted by atomic mass is 10.1. The lowest BCUT2D eigenvalue weighted by Gasteiger charge is -2.34. The Bertz CT molecular complexity index is 749. The third-order valence-corrected chi connectivity index (χ3v) is 6.12. The molecule has 0 radical (unpaired) electrons. The zero-order valence-corrected chi connectivity index (χ0v) is 17.9. The average molecular weight is 415 g/mol. The largest absolute Gasteiger partial charge is 0.382 e. The van der Waals surface area contributed by atoms with E-state index in [0.717, 1.165) is 43.2 Å². The molecule has 2 aromatic carbocycles. The Hall–Kier alpha value is -1.86. The molecule has 1 aliphatic heterocycles. The number of amides is 1. The molecule has 0 N–H and O–H groups in total. The van der Waals surface area contributed by atoms with E-state index in [4.69, 9.17) is 9.47 Å². The SMILES string of the molecule is COCCOCCN1CCN(C(=O)Cc2ccccc2Sc2ccccc2)CC1. The van der Waals surface area contributed by atoms with Gasteiger partial charge in [-0.3, -0.25) is 9.69 Å². The summed E-state index contributed by atoms with van der Waals surface area (Å²) in [5.74, 6) is 0.210. The van der Waals surface area contributed by atoms with Gasteiger partial charge in [0.2, 0.25) is 5.91 Å². The minimum absolute atomic E-state index is 0.210. The molecular weight excluding hydrogens is 384 g/mol. The number of hydrogen-bond donors (Lipinski definition) is 0. The third kappa shape index (κ3) is 7.16. The molecule has 0 saturated carbocycles. The van der Waals surface area contributed by atoms with Gasteiger partial charge in [0.05, 0.1) is 26.2 Å². The number of carbonyl (C=O) groups excluding carboxylic acids is 1. The second-order valence-electron chi connectivity index (χ2n) is 7.03. The summed E-state index contributed by atoms with van der Waals surface area (Å²) in [4.78, 5) is 19.6. The van der Waals surface area contributed by atoms with Crippen molar-refractivity contribution in [2.45, 2.75) is 16.2 Å². The summed E-state index contributed by atoms with van der Waals surface area (Å²) < 4.78 is 10.5. The molecule has 1 saturated heterocycles. The van der Waals surface area contributed by atoms with Crippen molar-refractivity contribution >= 4 is 17.7 Å². The number of rotatable bonds is 10. The van der Waals surface area contributed by atoms with E-state index in [2.05, 4.69) is 29.2 Å². The van der Waals surface area contributed by atoms with Crippen molar-refractivity contribution < 1.29 is 14.3 Å². The van der Waals surface area contributed by atoms with Gasteiger partial charge in [-0.2, -0.15) is 0 Å². The van der Waals surface area contributed by atoms with E-state index in [9.17, 15) is 4.79 Å². The molecule has 0 atom stereocenters. The highest BCUT2D eigenvalue weighted by Crippen LogP contribution is 2.30. The van der Waals surface area contributed by atoms with Gasteiger partial charge in [-0.25, -0.2) is 0 Å². The molecule has 1 amide bonds. The lowest BCUT2D eigenvalue weighted by Crippen LogP contribution is -2.49. The Labute approximate surface area is 178 Å². The molecule has 6 heteroatoms. The van der Waals surface area contributed by atoms with E-state index in [0.29, 0.717) is 26.2 Å². The second kappa shape index (κ2) is 12.0. The molecule has 1 heterocycles. The predicted octanol–water partition coefficient (Wildman–Crippen LogP) is 3.19. The number of nitrogens with zero attached hydrogens (tertiary/aromatic N) is 2. The smallest absolute Gasteiger partial charge is 0.227 e. The van der Waals surface area contributed by atoms with Gasteiger partial charge < -0.3 is 14.4 Å². The summed E-state index contributed by atoms with van der Waals surface area (Å²) >= 11 is 1.72. The highest BCUT2D eigenvalue weighted by atomic mass is 32.2. The van der Waals surface area contributed by atoms with Gasteiger partial charge in [-0.05, 0) is 23.8 Å². The molecule has 1 aliphatic rings. The first-order valence-corrected chi connectivity index (χ1v) is 11.0. The molecule has 1 fully saturated rings. The molecule has 0 spiro atoms. The first-order valence-electron chi connectivity index (χ1n) is 10.1.